The van der Waals surface area contributed by atoms with E-state index in [4.69, 9.17) is 0 Å². The number of benzene rings is 1. The molecule has 0 bridgehead atoms. The van der Waals surface area contributed by atoms with E-state index < -0.39 is 35.8 Å². The Labute approximate surface area is 198 Å². The molecule has 1 saturated heterocycles. The molecule has 0 aliphatic carbocycles. The van der Waals surface area contributed by atoms with Crippen LogP contribution in [0.3, 0.4) is 0 Å². The Kier molecular flexibility index (Phi) is 6.79. The fourth-order valence-electron chi connectivity index (χ4n) is 4.65. The van der Waals surface area contributed by atoms with Crippen molar-refractivity contribution in [3.8, 4) is 0 Å². The number of carboxylic acid groups (broad SMARTS) is 1. The van der Waals surface area contributed by atoms with Crippen LogP contribution in [0.2, 0.25) is 0 Å². The van der Waals surface area contributed by atoms with Gasteiger partial charge in [-0.25, -0.2) is 27.9 Å². The molecule has 34 heavy (non-hydrogen) atoms. The van der Waals surface area contributed by atoms with Crippen LogP contribution in [0.4, 0.5) is 13.2 Å². The van der Waals surface area contributed by atoms with Crippen LogP contribution in [0.25, 0.3) is 0 Å². The van der Waals surface area contributed by atoms with Gasteiger partial charge in [0.25, 0.3) is 5.92 Å². The van der Waals surface area contributed by atoms with Crippen LogP contribution < -0.4 is 5.32 Å². The Balaban J connectivity index is 1.79. The lowest BCUT2D eigenvalue weighted by molar-refractivity contribution is -0.133. The molecule has 0 spiro atoms. The Morgan fingerprint density at radius 3 is 2.68 bits per heavy atom. The van der Waals surface area contributed by atoms with E-state index in [0.717, 1.165) is 0 Å². The molecule has 3 N–H and O–H groups in total. The van der Waals surface area contributed by atoms with Gasteiger partial charge < -0.3 is 15.5 Å². The minimum atomic E-state index is -2.91. The highest BCUT2D eigenvalue weighted by Crippen LogP contribution is 2.40. The summed E-state index contributed by atoms with van der Waals surface area (Å²) in [7, 11) is 0. The van der Waals surface area contributed by atoms with Crippen molar-refractivity contribution in [2.45, 2.75) is 43.7 Å². The number of hydrogen-bond acceptors (Lipinski definition) is 7. The van der Waals surface area contributed by atoms with Crippen LogP contribution in [-0.2, 0) is 10.3 Å². The van der Waals surface area contributed by atoms with Crippen LogP contribution in [0.5, 0.6) is 0 Å². The highest BCUT2D eigenvalue weighted by molar-refractivity contribution is 7.11. The number of alkyl halides is 2. The number of nitrogens with one attached hydrogen (secondary N) is 1. The molecule has 2 unspecified atom stereocenters. The second-order valence-electron chi connectivity index (χ2n) is 8.65. The number of aliphatic imine (C=N–C) groups is 1. The van der Waals surface area contributed by atoms with Crippen molar-refractivity contribution in [3.63, 3.8) is 0 Å². The Morgan fingerprint density at radius 2 is 2.06 bits per heavy atom. The molecule has 4 rings (SSSR count). The highest BCUT2D eigenvalue weighted by atomic mass is 32.1. The molecule has 2 aromatic rings. The molecule has 2 atom stereocenters. The second kappa shape index (κ2) is 9.47. The zero-order chi connectivity index (χ0) is 24.5. The fraction of sp³-hybridized carbons (Fsp3) is 0.435. The summed E-state index contributed by atoms with van der Waals surface area (Å²) in [6.07, 6.45) is 1.96. The van der Waals surface area contributed by atoms with Crippen molar-refractivity contribution in [2.75, 3.05) is 19.7 Å². The Morgan fingerprint density at radius 1 is 1.32 bits per heavy atom. The monoisotopic (exact) mass is 494 g/mol. The second-order valence-corrected chi connectivity index (χ2v) is 9.54. The predicted molar refractivity (Wildman–Crippen MR) is 121 cm³/mol. The molecular weight excluding hydrogens is 469 g/mol. The lowest BCUT2D eigenvalue weighted by Crippen LogP contribution is -2.45. The number of carbonyl (C=O) groups is 1. The van der Waals surface area contributed by atoms with Gasteiger partial charge in [0.1, 0.15) is 11.4 Å². The smallest absolute Gasteiger partial charge is 0.336 e. The van der Waals surface area contributed by atoms with Gasteiger partial charge in [0.2, 0.25) is 0 Å². The van der Waals surface area contributed by atoms with E-state index in [-0.39, 0.29) is 30.8 Å². The molecule has 1 aromatic heterocycles. The third-order valence-electron chi connectivity index (χ3n) is 6.19. The number of nitrogens with zero attached hydrogens (tertiary/aromatic N) is 3. The van der Waals surface area contributed by atoms with Crippen molar-refractivity contribution < 1.29 is 28.2 Å². The quantitative estimate of drug-likeness (QED) is 0.521. The van der Waals surface area contributed by atoms with Crippen molar-refractivity contribution in [2.24, 2.45) is 4.99 Å². The molecular formula is C23H25F3N4O3S. The molecule has 7 nitrogen and oxygen atoms in total. The van der Waals surface area contributed by atoms with Crippen LogP contribution in [-0.4, -0.2) is 63.6 Å². The fourth-order valence-corrected chi connectivity index (χ4v) is 5.23. The number of hydrogen-bond donors (Lipinski definition) is 3. The van der Waals surface area contributed by atoms with Crippen molar-refractivity contribution in [1.29, 1.82) is 0 Å². The third kappa shape index (κ3) is 4.86. The van der Waals surface area contributed by atoms with E-state index in [2.05, 4.69) is 15.3 Å². The van der Waals surface area contributed by atoms with Crippen LogP contribution in [0, 0.1) is 5.82 Å². The molecule has 1 fully saturated rings. The number of rotatable bonds is 8. The summed E-state index contributed by atoms with van der Waals surface area (Å²) in [6.45, 7) is 0.910. The van der Waals surface area contributed by atoms with Gasteiger partial charge in [0.05, 0.1) is 12.1 Å². The number of aliphatic hydroxyl groups excluding tert-OH is 1. The van der Waals surface area contributed by atoms with Gasteiger partial charge in [-0.15, -0.1) is 11.3 Å². The summed E-state index contributed by atoms with van der Waals surface area (Å²) < 4.78 is 42.2. The molecule has 1 aromatic carbocycles. The van der Waals surface area contributed by atoms with Gasteiger partial charge in [-0.2, -0.15) is 0 Å². The first kappa shape index (κ1) is 24.4. The van der Waals surface area contributed by atoms with E-state index in [1.54, 1.807) is 23.4 Å². The highest BCUT2D eigenvalue weighted by Gasteiger charge is 2.47. The first-order chi connectivity index (χ1) is 16.1. The zero-order valence-electron chi connectivity index (χ0n) is 18.5. The van der Waals surface area contributed by atoms with E-state index in [1.807, 2.05) is 0 Å². The number of aliphatic carboxylic acids is 1. The molecule has 2 aliphatic heterocycles. The van der Waals surface area contributed by atoms with Gasteiger partial charge in [-0.05, 0) is 37.5 Å². The molecule has 2 aliphatic rings. The molecule has 0 amide bonds. The van der Waals surface area contributed by atoms with E-state index in [0.29, 0.717) is 29.2 Å². The first-order valence-electron chi connectivity index (χ1n) is 10.9. The van der Waals surface area contributed by atoms with Crippen molar-refractivity contribution in [1.82, 2.24) is 15.2 Å². The Bertz CT molecular complexity index is 1110. The Hall–Kier alpha value is -2.76. The summed E-state index contributed by atoms with van der Waals surface area (Å²) in [4.78, 5) is 23.0. The van der Waals surface area contributed by atoms with Crippen LogP contribution in [0.15, 0.2) is 52.1 Å². The number of amidine groups is 1. The number of aromatic nitrogens is 1. The van der Waals surface area contributed by atoms with E-state index in [9.17, 15) is 28.2 Å². The maximum atomic E-state index is 14.3. The molecule has 0 saturated carbocycles. The lowest BCUT2D eigenvalue weighted by atomic mass is 9.82. The average Bonchev–Trinajstić information content (AvgIpc) is 3.39. The topological polar surface area (TPSA) is 98.0 Å². The number of aliphatic hydroxyl groups is 1. The molecule has 11 heteroatoms. The summed E-state index contributed by atoms with van der Waals surface area (Å²) >= 11 is 1.30. The van der Waals surface area contributed by atoms with Gasteiger partial charge in [-0.1, -0.05) is 12.1 Å². The van der Waals surface area contributed by atoms with Crippen LogP contribution in [0.1, 0.15) is 36.8 Å². The van der Waals surface area contributed by atoms with Gasteiger partial charge in [0, 0.05) is 42.9 Å². The maximum Gasteiger partial charge on any atom is 0.336 e. The third-order valence-corrected chi connectivity index (χ3v) is 6.97. The largest absolute Gasteiger partial charge is 0.478 e. The standard InChI is InChI=1S/C23H25F3N4O3S/c1-22(14-4-6-15(24)7-5-14)18(21(32)33)17(28-19(29-22)20-27-8-10-34-20)12-30-13-23(25,26)11-16(30)3-2-9-31/h4-8,10,16,31H,2-3,9,11-13H2,1H3,(H,28,29)(H,32,33). The van der Waals surface area contributed by atoms with E-state index >= 15 is 0 Å². The summed E-state index contributed by atoms with van der Waals surface area (Å²) in [5.41, 5.74) is -0.839. The van der Waals surface area contributed by atoms with Crippen LogP contribution >= 0.6 is 11.3 Å². The maximum absolute atomic E-state index is 14.3. The summed E-state index contributed by atoms with van der Waals surface area (Å²) in [5.74, 6) is -4.32. The minimum absolute atomic E-state index is 0.0749. The van der Waals surface area contributed by atoms with Gasteiger partial charge in [-0.3, -0.25) is 4.90 Å². The average molecular weight is 495 g/mol. The summed E-state index contributed by atoms with van der Waals surface area (Å²) in [5, 5.41) is 24.7. The number of halogens is 3. The number of likely N-dealkylation sites (tertiary alicyclic amines) is 1. The van der Waals surface area contributed by atoms with Crippen molar-refractivity contribution >= 4 is 23.1 Å². The van der Waals surface area contributed by atoms with E-state index in [1.165, 1.54) is 35.6 Å². The normalized spacial score (nSPS) is 24.7. The zero-order valence-corrected chi connectivity index (χ0v) is 19.3. The van der Waals surface area contributed by atoms with Gasteiger partial charge in [0.15, 0.2) is 10.8 Å². The number of carboxylic acids is 1. The SMILES string of the molecule is CC1(c2ccc(F)cc2)N=C(c2nccs2)NC(CN2CC(F)(F)CC2CCCO)=C1C(=O)O. The molecule has 182 valence electrons. The first-order valence-corrected chi connectivity index (χ1v) is 11.7. The molecule has 3 heterocycles. The lowest BCUT2D eigenvalue weighted by Gasteiger charge is -2.36. The number of thiazole rings is 1. The molecule has 0 radical (unpaired) electrons. The van der Waals surface area contributed by atoms with Crippen molar-refractivity contribution in [3.05, 3.63) is 63.5 Å². The van der Waals surface area contributed by atoms with Gasteiger partial charge >= 0.3 is 5.97 Å². The predicted octanol–water partition coefficient (Wildman–Crippen LogP) is 3.37. The summed E-state index contributed by atoms with van der Waals surface area (Å²) in [6, 6.07) is 4.89. The minimum Gasteiger partial charge on any atom is -0.478 e.